The van der Waals surface area contributed by atoms with Crippen LogP contribution < -0.4 is 0 Å². The first-order chi connectivity index (χ1) is 5.11. The summed E-state index contributed by atoms with van der Waals surface area (Å²) in [4.78, 5) is 0. The van der Waals surface area contributed by atoms with E-state index in [2.05, 4.69) is 15.9 Å². The molecule has 0 heterocycles. The summed E-state index contributed by atoms with van der Waals surface area (Å²) in [5.74, 6) is 0.347. The maximum Gasteiger partial charge on any atom is 0.0700 e. The fourth-order valence-corrected chi connectivity index (χ4v) is 1.23. The van der Waals surface area contributed by atoms with Gasteiger partial charge in [-0.05, 0) is 5.92 Å². The molecule has 0 saturated heterocycles. The Kier molecular flexibility index (Phi) is 6.62. The Hall–Kier alpha value is 0.690. The van der Waals surface area contributed by atoms with Crippen molar-refractivity contribution in [2.45, 2.75) is 25.6 Å². The minimum absolute atomic E-state index is 0.160. The van der Waals surface area contributed by atoms with Crippen molar-refractivity contribution in [3.63, 3.8) is 0 Å². The third kappa shape index (κ3) is 5.01. The van der Waals surface area contributed by atoms with Gasteiger partial charge in [0.1, 0.15) is 0 Å². The first-order valence-corrected chi connectivity index (χ1v) is 5.25. The number of halogens is 2. The lowest BCUT2D eigenvalue weighted by atomic mass is 10.0. The van der Waals surface area contributed by atoms with Crippen molar-refractivity contribution in [1.82, 2.24) is 0 Å². The minimum Gasteiger partial charge on any atom is -0.393 e. The Morgan fingerprint density at radius 2 is 2.00 bits per heavy atom. The molecule has 2 nitrogen and oxygen atoms in total. The number of aliphatic hydroxyl groups excluding tert-OH is 2. The smallest absolute Gasteiger partial charge is 0.0700 e. The highest BCUT2D eigenvalue weighted by molar-refractivity contribution is 9.09. The lowest BCUT2D eigenvalue weighted by Crippen LogP contribution is -2.25. The largest absolute Gasteiger partial charge is 0.393 e. The molecule has 0 rings (SSSR count). The molecule has 0 aliphatic heterocycles. The van der Waals surface area contributed by atoms with Gasteiger partial charge in [0.05, 0.1) is 12.2 Å². The van der Waals surface area contributed by atoms with Crippen LogP contribution in [0.5, 0.6) is 0 Å². The highest BCUT2D eigenvalue weighted by Gasteiger charge is 2.16. The van der Waals surface area contributed by atoms with Crippen LogP contribution in [0.25, 0.3) is 0 Å². The van der Waals surface area contributed by atoms with E-state index >= 15 is 0 Å². The highest BCUT2D eigenvalue weighted by atomic mass is 79.9. The maximum absolute atomic E-state index is 9.37. The van der Waals surface area contributed by atoms with E-state index in [0.29, 0.717) is 6.42 Å². The Morgan fingerprint density at radius 3 is 2.36 bits per heavy atom. The molecular weight excluding hydrogens is 231 g/mol. The predicted molar refractivity (Wildman–Crippen MR) is 50.3 cm³/mol. The van der Waals surface area contributed by atoms with E-state index in [1.165, 1.54) is 0 Å². The van der Waals surface area contributed by atoms with Gasteiger partial charge < -0.3 is 10.2 Å². The zero-order chi connectivity index (χ0) is 8.85. The summed E-state index contributed by atoms with van der Waals surface area (Å²) in [5, 5.41) is 19.2. The van der Waals surface area contributed by atoms with E-state index < -0.39 is 12.2 Å². The molecule has 3 atom stereocenters. The number of aliphatic hydroxyl groups is 2. The zero-order valence-electron chi connectivity index (χ0n) is 6.50. The summed E-state index contributed by atoms with van der Waals surface area (Å²) < 4.78 is 0. The standard InChI is InChI=1S/C7H14BrClO2/c1-5(3-8)7(11)2-6(10)4-9/h5-7,10-11H,2-4H2,1H3. The molecule has 0 fully saturated rings. The van der Waals surface area contributed by atoms with Crippen LogP contribution in [0.1, 0.15) is 13.3 Å². The molecule has 3 unspecified atom stereocenters. The van der Waals surface area contributed by atoms with Crippen LogP contribution in [0.4, 0.5) is 0 Å². The third-order valence-electron chi connectivity index (χ3n) is 1.59. The molecule has 0 aromatic carbocycles. The first kappa shape index (κ1) is 11.7. The number of hydrogen-bond donors (Lipinski definition) is 2. The fraction of sp³-hybridized carbons (Fsp3) is 1.00. The third-order valence-corrected chi connectivity index (χ3v) is 2.97. The van der Waals surface area contributed by atoms with E-state index in [1.807, 2.05) is 6.92 Å². The quantitative estimate of drug-likeness (QED) is 0.718. The van der Waals surface area contributed by atoms with Crippen molar-refractivity contribution >= 4 is 27.5 Å². The van der Waals surface area contributed by atoms with Crippen molar-refractivity contribution in [2.24, 2.45) is 5.92 Å². The summed E-state index contributed by atoms with van der Waals surface area (Å²) in [5.41, 5.74) is 0. The van der Waals surface area contributed by atoms with Crippen molar-refractivity contribution in [1.29, 1.82) is 0 Å². The van der Waals surface area contributed by atoms with Crippen molar-refractivity contribution in [3.05, 3.63) is 0 Å². The molecule has 0 bridgehead atoms. The van der Waals surface area contributed by atoms with E-state index in [9.17, 15) is 5.11 Å². The van der Waals surface area contributed by atoms with Crippen molar-refractivity contribution in [2.75, 3.05) is 11.2 Å². The van der Waals surface area contributed by atoms with Crippen LogP contribution >= 0.6 is 27.5 Å². The lowest BCUT2D eigenvalue weighted by molar-refractivity contribution is 0.0642. The van der Waals surface area contributed by atoms with Gasteiger partial charge in [-0.15, -0.1) is 11.6 Å². The molecule has 2 N–H and O–H groups in total. The van der Waals surface area contributed by atoms with E-state index in [-0.39, 0.29) is 11.8 Å². The predicted octanol–water partition coefficient (Wildman–Crippen LogP) is 1.37. The molecule has 68 valence electrons. The summed E-state index contributed by atoms with van der Waals surface area (Å²) >= 11 is 8.62. The number of rotatable bonds is 5. The Bertz CT molecular complexity index is 102. The second-order valence-electron chi connectivity index (χ2n) is 2.74. The van der Waals surface area contributed by atoms with Gasteiger partial charge in [0, 0.05) is 17.6 Å². The van der Waals surface area contributed by atoms with Gasteiger partial charge in [-0.3, -0.25) is 0 Å². The molecule has 0 aliphatic rings. The summed E-state index contributed by atoms with van der Waals surface area (Å²) in [6, 6.07) is 0. The second-order valence-corrected chi connectivity index (χ2v) is 3.70. The molecule has 0 aromatic heterocycles. The summed E-state index contributed by atoms with van der Waals surface area (Å²) in [7, 11) is 0. The minimum atomic E-state index is -0.590. The molecule has 0 radical (unpaired) electrons. The summed E-state index contributed by atoms with van der Waals surface area (Å²) in [6.07, 6.45) is -0.702. The van der Waals surface area contributed by atoms with Crippen LogP contribution in [0.3, 0.4) is 0 Å². The van der Waals surface area contributed by atoms with Crippen LogP contribution in [0.15, 0.2) is 0 Å². The van der Waals surface area contributed by atoms with Gasteiger partial charge in [-0.25, -0.2) is 0 Å². The van der Waals surface area contributed by atoms with E-state index in [1.54, 1.807) is 0 Å². The molecule has 4 heteroatoms. The molecule has 0 aromatic rings. The second kappa shape index (κ2) is 6.23. The molecular formula is C7H14BrClO2. The average Bonchev–Trinajstić information content (AvgIpc) is 2.02. The van der Waals surface area contributed by atoms with Gasteiger partial charge in [0.2, 0.25) is 0 Å². The SMILES string of the molecule is CC(CBr)C(O)CC(O)CCl. The van der Waals surface area contributed by atoms with Crippen LogP contribution in [-0.2, 0) is 0 Å². The normalized spacial score (nSPS) is 19.4. The molecule has 0 saturated carbocycles. The number of hydrogen-bond acceptors (Lipinski definition) is 2. The lowest BCUT2D eigenvalue weighted by Gasteiger charge is -2.18. The van der Waals surface area contributed by atoms with Gasteiger partial charge >= 0.3 is 0 Å². The topological polar surface area (TPSA) is 40.5 Å². The van der Waals surface area contributed by atoms with Crippen LogP contribution in [-0.4, -0.2) is 33.6 Å². The Balaban J connectivity index is 3.58. The van der Waals surface area contributed by atoms with Crippen molar-refractivity contribution in [3.8, 4) is 0 Å². The van der Waals surface area contributed by atoms with Gasteiger partial charge in [0.15, 0.2) is 0 Å². The Morgan fingerprint density at radius 1 is 1.45 bits per heavy atom. The zero-order valence-corrected chi connectivity index (χ0v) is 8.85. The first-order valence-electron chi connectivity index (χ1n) is 3.59. The van der Waals surface area contributed by atoms with Crippen LogP contribution in [0.2, 0.25) is 0 Å². The molecule has 0 amide bonds. The van der Waals surface area contributed by atoms with Gasteiger partial charge in [0.25, 0.3) is 0 Å². The van der Waals surface area contributed by atoms with E-state index in [0.717, 1.165) is 5.33 Å². The fourth-order valence-electron chi connectivity index (χ4n) is 0.677. The Labute approximate surface area is 80.7 Å². The van der Waals surface area contributed by atoms with E-state index in [4.69, 9.17) is 16.7 Å². The molecule has 11 heavy (non-hydrogen) atoms. The van der Waals surface area contributed by atoms with Crippen molar-refractivity contribution < 1.29 is 10.2 Å². The monoisotopic (exact) mass is 244 g/mol. The van der Waals surface area contributed by atoms with Crippen LogP contribution in [0, 0.1) is 5.92 Å². The maximum atomic E-state index is 9.37. The summed E-state index contributed by atoms with van der Waals surface area (Å²) in [6.45, 7) is 1.92. The highest BCUT2D eigenvalue weighted by Crippen LogP contribution is 2.12. The average molecular weight is 246 g/mol. The number of alkyl halides is 2. The molecule has 0 spiro atoms. The molecule has 0 aliphatic carbocycles. The van der Waals surface area contributed by atoms with Gasteiger partial charge in [-0.2, -0.15) is 0 Å². The van der Waals surface area contributed by atoms with Gasteiger partial charge in [-0.1, -0.05) is 22.9 Å².